The van der Waals surface area contributed by atoms with Crippen molar-refractivity contribution in [1.29, 1.82) is 0 Å². The Morgan fingerprint density at radius 2 is 2.08 bits per heavy atom. The number of rotatable bonds is 5. The molecule has 0 fully saturated rings. The van der Waals surface area contributed by atoms with Crippen LogP contribution in [0.1, 0.15) is 15.9 Å². The fourth-order valence-electron chi connectivity index (χ4n) is 2.26. The van der Waals surface area contributed by atoms with E-state index in [1.807, 2.05) is 12.1 Å². The second kappa shape index (κ2) is 7.23. The van der Waals surface area contributed by atoms with Crippen molar-refractivity contribution in [3.63, 3.8) is 0 Å². The zero-order valence-corrected chi connectivity index (χ0v) is 13.9. The van der Waals surface area contributed by atoms with Crippen molar-refractivity contribution >= 4 is 17.5 Å². The molecule has 0 aliphatic rings. The van der Waals surface area contributed by atoms with Gasteiger partial charge in [0.1, 0.15) is 11.5 Å². The molecule has 8 heteroatoms. The second-order valence-corrected chi connectivity index (χ2v) is 5.57. The zero-order valence-electron chi connectivity index (χ0n) is 13.2. The number of carbonyl (C=O) groups excluding carboxylic acids is 1. The number of hydrogen-bond donors (Lipinski definition) is 2. The van der Waals surface area contributed by atoms with E-state index in [2.05, 4.69) is 20.0 Å². The van der Waals surface area contributed by atoms with Crippen molar-refractivity contribution in [3.8, 4) is 22.9 Å². The number of benzene rings is 2. The van der Waals surface area contributed by atoms with Crippen molar-refractivity contribution in [1.82, 2.24) is 15.5 Å². The molecule has 2 N–H and O–H groups in total. The maximum absolute atomic E-state index is 12.4. The van der Waals surface area contributed by atoms with Crippen LogP contribution >= 0.6 is 11.6 Å². The lowest BCUT2D eigenvalue weighted by atomic mass is 10.1. The number of nitrogens with zero attached hydrogens (tertiary/aromatic N) is 2. The summed E-state index contributed by atoms with van der Waals surface area (Å²) in [5, 5.41) is 17.2. The summed E-state index contributed by atoms with van der Waals surface area (Å²) >= 11 is 5.84. The summed E-state index contributed by atoms with van der Waals surface area (Å²) in [5.74, 6) is -0.0595. The van der Waals surface area contributed by atoms with Gasteiger partial charge in [0.25, 0.3) is 5.91 Å². The highest BCUT2D eigenvalue weighted by Crippen LogP contribution is 2.33. The van der Waals surface area contributed by atoms with Crippen LogP contribution in [-0.2, 0) is 6.54 Å². The van der Waals surface area contributed by atoms with Gasteiger partial charge in [0, 0.05) is 11.6 Å². The number of phenolic OH excluding ortho intramolecular Hbond substituents is 1. The Morgan fingerprint density at radius 3 is 2.72 bits per heavy atom. The second-order valence-electron chi connectivity index (χ2n) is 5.13. The fourth-order valence-corrected chi connectivity index (χ4v) is 2.39. The Hall–Kier alpha value is -3.06. The summed E-state index contributed by atoms with van der Waals surface area (Å²) in [6.45, 7) is 0.312. The lowest BCUT2D eigenvalue weighted by Gasteiger charge is -2.12. The Bertz CT molecular complexity index is 880. The molecule has 2 aromatic carbocycles. The van der Waals surface area contributed by atoms with Gasteiger partial charge in [-0.3, -0.25) is 4.79 Å². The van der Waals surface area contributed by atoms with Gasteiger partial charge in [-0.05, 0) is 29.8 Å². The molecule has 3 rings (SSSR count). The number of nitrogens with one attached hydrogen (secondary N) is 1. The van der Waals surface area contributed by atoms with Gasteiger partial charge in [0.2, 0.25) is 12.2 Å². The van der Waals surface area contributed by atoms with Crippen LogP contribution in [0.5, 0.6) is 11.5 Å². The Kier molecular flexibility index (Phi) is 4.85. The van der Waals surface area contributed by atoms with Gasteiger partial charge in [-0.1, -0.05) is 28.9 Å². The average Bonchev–Trinajstić information content (AvgIpc) is 3.15. The quantitative estimate of drug-likeness (QED) is 0.726. The predicted octanol–water partition coefficient (Wildman–Crippen LogP) is 3.03. The molecule has 1 heterocycles. The normalized spacial score (nSPS) is 10.5. The summed E-state index contributed by atoms with van der Waals surface area (Å²) < 4.78 is 9.92. The summed E-state index contributed by atoms with van der Waals surface area (Å²) in [4.78, 5) is 16.3. The van der Waals surface area contributed by atoms with Crippen LogP contribution in [0.15, 0.2) is 47.3 Å². The Morgan fingerprint density at radius 1 is 1.32 bits per heavy atom. The fraction of sp³-hybridized carbons (Fsp3) is 0.118. The lowest BCUT2D eigenvalue weighted by molar-refractivity contribution is 0.0947. The molecule has 3 aromatic rings. The van der Waals surface area contributed by atoms with E-state index in [9.17, 15) is 9.90 Å². The molecule has 1 amide bonds. The number of ether oxygens (including phenoxy) is 1. The van der Waals surface area contributed by atoms with E-state index in [-0.39, 0.29) is 28.8 Å². The van der Waals surface area contributed by atoms with Crippen LogP contribution in [0.2, 0.25) is 5.02 Å². The molecule has 0 aliphatic heterocycles. The first-order chi connectivity index (χ1) is 12.1. The van der Waals surface area contributed by atoms with E-state index >= 15 is 0 Å². The number of phenols is 1. The third-order valence-electron chi connectivity index (χ3n) is 3.53. The smallest absolute Gasteiger partial charge is 0.255 e. The van der Waals surface area contributed by atoms with E-state index in [0.29, 0.717) is 17.1 Å². The van der Waals surface area contributed by atoms with Gasteiger partial charge in [-0.15, -0.1) is 0 Å². The maximum Gasteiger partial charge on any atom is 0.255 e. The van der Waals surface area contributed by atoms with E-state index in [4.69, 9.17) is 16.3 Å². The third kappa shape index (κ3) is 3.72. The number of methoxy groups -OCH3 is 1. The summed E-state index contributed by atoms with van der Waals surface area (Å²) in [5.41, 5.74) is 1.39. The Labute approximate surface area is 148 Å². The highest BCUT2D eigenvalue weighted by atomic mass is 35.5. The summed E-state index contributed by atoms with van der Waals surface area (Å²) in [7, 11) is 1.43. The van der Waals surface area contributed by atoms with Crippen LogP contribution in [0.3, 0.4) is 0 Å². The molecule has 0 bridgehead atoms. The van der Waals surface area contributed by atoms with Crippen molar-refractivity contribution in [2.24, 2.45) is 0 Å². The monoisotopic (exact) mass is 359 g/mol. The SMILES string of the molecule is COc1cc(-c2ncon2)c(O)cc1C(=O)NCc1ccc(Cl)cc1. The molecule has 0 radical (unpaired) electrons. The van der Waals surface area contributed by atoms with E-state index in [1.54, 1.807) is 12.1 Å². The minimum absolute atomic E-state index is 0.154. The first kappa shape index (κ1) is 16.8. The van der Waals surface area contributed by atoms with E-state index in [0.717, 1.165) is 12.0 Å². The highest BCUT2D eigenvalue weighted by molar-refractivity contribution is 6.30. The zero-order chi connectivity index (χ0) is 17.8. The molecule has 0 aliphatic carbocycles. The van der Waals surface area contributed by atoms with Gasteiger partial charge in [-0.2, -0.15) is 4.98 Å². The van der Waals surface area contributed by atoms with Crippen molar-refractivity contribution < 1.29 is 19.2 Å². The number of amides is 1. The average molecular weight is 360 g/mol. The van der Waals surface area contributed by atoms with Gasteiger partial charge in [0.05, 0.1) is 18.2 Å². The van der Waals surface area contributed by atoms with Gasteiger partial charge < -0.3 is 19.7 Å². The molecular formula is C17H14ClN3O4. The van der Waals surface area contributed by atoms with Crippen LogP contribution in [0.4, 0.5) is 0 Å². The van der Waals surface area contributed by atoms with Gasteiger partial charge in [0.15, 0.2) is 0 Å². The molecular weight excluding hydrogens is 346 g/mol. The number of aromatic hydroxyl groups is 1. The van der Waals surface area contributed by atoms with Gasteiger partial charge in [-0.25, -0.2) is 0 Å². The topological polar surface area (TPSA) is 97.5 Å². The molecule has 1 aromatic heterocycles. The molecule has 25 heavy (non-hydrogen) atoms. The molecule has 0 unspecified atom stereocenters. The molecule has 0 atom stereocenters. The van der Waals surface area contributed by atoms with E-state index in [1.165, 1.54) is 19.2 Å². The standard InChI is InChI=1S/C17H14ClN3O4/c1-24-15-7-12(16-20-9-25-21-16)14(22)6-13(15)17(23)19-8-10-2-4-11(18)5-3-10/h2-7,9,22H,8H2,1H3,(H,19,23). The first-order valence-corrected chi connectivity index (χ1v) is 7.66. The minimum Gasteiger partial charge on any atom is -0.507 e. The van der Waals surface area contributed by atoms with Crippen LogP contribution in [0, 0.1) is 0 Å². The number of hydrogen-bond acceptors (Lipinski definition) is 6. The third-order valence-corrected chi connectivity index (χ3v) is 3.78. The van der Waals surface area contributed by atoms with Gasteiger partial charge >= 0.3 is 0 Å². The van der Waals surface area contributed by atoms with Crippen LogP contribution in [-0.4, -0.2) is 28.3 Å². The van der Waals surface area contributed by atoms with Crippen LogP contribution in [0.25, 0.3) is 11.4 Å². The molecule has 128 valence electrons. The summed E-state index contributed by atoms with van der Waals surface area (Å²) in [6.07, 6.45) is 1.15. The minimum atomic E-state index is -0.387. The summed E-state index contributed by atoms with van der Waals surface area (Å²) in [6, 6.07) is 9.91. The lowest BCUT2D eigenvalue weighted by Crippen LogP contribution is -2.23. The van der Waals surface area contributed by atoms with Crippen LogP contribution < -0.4 is 10.1 Å². The molecule has 0 spiro atoms. The van der Waals surface area contributed by atoms with Crippen molar-refractivity contribution in [2.75, 3.05) is 7.11 Å². The molecule has 0 saturated carbocycles. The highest BCUT2D eigenvalue weighted by Gasteiger charge is 2.19. The van der Waals surface area contributed by atoms with Crippen molar-refractivity contribution in [3.05, 3.63) is 58.9 Å². The Balaban J connectivity index is 1.82. The molecule has 0 saturated heterocycles. The maximum atomic E-state index is 12.4. The predicted molar refractivity (Wildman–Crippen MR) is 90.6 cm³/mol. The number of halogens is 1. The molecule has 7 nitrogen and oxygen atoms in total. The largest absolute Gasteiger partial charge is 0.507 e. The van der Waals surface area contributed by atoms with Crippen molar-refractivity contribution in [2.45, 2.75) is 6.54 Å². The number of carbonyl (C=O) groups is 1. The van der Waals surface area contributed by atoms with E-state index < -0.39 is 0 Å². The number of aromatic nitrogens is 2. The first-order valence-electron chi connectivity index (χ1n) is 7.29.